The van der Waals surface area contributed by atoms with E-state index in [1.165, 1.54) is 6.92 Å². The molecular weight excluding hydrogens is 1130 g/mol. The van der Waals surface area contributed by atoms with E-state index in [2.05, 4.69) is 21.3 Å². The Morgan fingerprint density at radius 3 is 1.26 bits per heavy atom. The van der Waals surface area contributed by atoms with Crippen molar-refractivity contribution in [1.29, 1.82) is 0 Å². The van der Waals surface area contributed by atoms with Gasteiger partial charge in [-0.25, -0.2) is 4.79 Å². The average molecular weight is 1210 g/mol. The summed E-state index contributed by atoms with van der Waals surface area (Å²) in [5, 5.41) is 46.7. The zero-order valence-corrected chi connectivity index (χ0v) is 50.0. The molecule has 0 saturated heterocycles. The maximum atomic E-state index is 13.3. The molecule has 88 heavy (non-hydrogen) atoms. The Hall–Kier alpha value is -9.98. The minimum Gasteiger partial charge on any atom is -0.481 e. The monoisotopic (exact) mass is 1200 g/mol. The summed E-state index contributed by atoms with van der Waals surface area (Å²) in [4.78, 5) is 147. The lowest BCUT2D eigenvalue weighted by molar-refractivity contribution is -0.149. The van der Waals surface area contributed by atoms with Gasteiger partial charge in [-0.2, -0.15) is 0 Å². The van der Waals surface area contributed by atoms with Gasteiger partial charge in [0.05, 0.1) is 30.8 Å². The van der Waals surface area contributed by atoms with Crippen molar-refractivity contribution in [2.24, 2.45) is 29.6 Å². The second-order valence-corrected chi connectivity index (χ2v) is 21.7. The summed E-state index contributed by atoms with van der Waals surface area (Å²) < 4.78 is 0. The second-order valence-electron chi connectivity index (χ2n) is 21.7. The molecule has 20 nitrogen and oxygen atoms in total. The van der Waals surface area contributed by atoms with Gasteiger partial charge in [0.15, 0.2) is 17.3 Å². The zero-order valence-electron chi connectivity index (χ0n) is 50.0. The predicted molar refractivity (Wildman–Crippen MR) is 330 cm³/mol. The molecule has 0 saturated carbocycles. The Labute approximate surface area is 510 Å². The van der Waals surface area contributed by atoms with Gasteiger partial charge in [0.1, 0.15) is 11.8 Å². The lowest BCUT2D eigenvalue weighted by Gasteiger charge is -2.22. The number of Topliss-reactive ketones (excluding diaryl/α,β-unsaturated/α-hetero) is 4. The van der Waals surface area contributed by atoms with E-state index in [0.717, 1.165) is 27.8 Å². The SMILES string of the molecule is CC(C)C(=O)C[C@@H](C)C(=O)N[C@@H](Cc1ccccc1)C(=O)C[C@@H](CC(=O)O)C(=O)O.CNC(=O)c1ccc(/C=C/c2ccc(/C=C/c3ccc(C(=O)C[C@@H](C)C(=O)N[C@@H](C)C(=O)C[C@@H](Cc4ccccc4)C(=O)N[C@@H](CC(=O)O)C(=O)O)cc3)cc2)cc1. The van der Waals surface area contributed by atoms with Gasteiger partial charge in [0.25, 0.3) is 5.91 Å². The Balaban J connectivity index is 0.000000464. The van der Waals surface area contributed by atoms with Gasteiger partial charge in [-0.15, -0.1) is 0 Å². The summed E-state index contributed by atoms with van der Waals surface area (Å²) in [5.41, 5.74) is 6.33. The lowest BCUT2D eigenvalue weighted by Crippen LogP contribution is -2.47. The van der Waals surface area contributed by atoms with Crippen LogP contribution in [0.25, 0.3) is 24.3 Å². The Morgan fingerprint density at radius 2 is 0.818 bits per heavy atom. The normalized spacial score (nSPS) is 13.4. The third kappa shape index (κ3) is 24.5. The number of hydrogen-bond acceptors (Lipinski definition) is 12. The summed E-state index contributed by atoms with van der Waals surface area (Å²) in [5.74, 6) is -13.0. The molecule has 5 rings (SSSR count). The molecule has 0 aliphatic rings. The van der Waals surface area contributed by atoms with E-state index >= 15 is 0 Å². The van der Waals surface area contributed by atoms with Crippen molar-refractivity contribution < 1.29 is 78.0 Å². The lowest BCUT2D eigenvalue weighted by atomic mass is 9.91. The Kier molecular flexibility index (Phi) is 28.4. The van der Waals surface area contributed by atoms with Crippen LogP contribution < -0.4 is 21.3 Å². The van der Waals surface area contributed by atoms with Crippen molar-refractivity contribution >= 4 is 94.9 Å². The molecule has 0 aliphatic carbocycles. The van der Waals surface area contributed by atoms with Crippen LogP contribution in [0.15, 0.2) is 133 Å². The zero-order chi connectivity index (χ0) is 65.0. The number of carbonyl (C=O) groups is 12. The number of amides is 4. The third-order valence-corrected chi connectivity index (χ3v) is 14.2. The van der Waals surface area contributed by atoms with Gasteiger partial charge in [0, 0.05) is 67.5 Å². The molecule has 4 amide bonds. The van der Waals surface area contributed by atoms with Crippen LogP contribution in [-0.4, -0.2) is 116 Å². The van der Waals surface area contributed by atoms with Crippen molar-refractivity contribution in [2.75, 3.05) is 7.05 Å². The number of aliphatic carboxylic acids is 4. The first-order valence-corrected chi connectivity index (χ1v) is 28.6. The quantitative estimate of drug-likeness (QED) is 0.0145. The van der Waals surface area contributed by atoms with Gasteiger partial charge >= 0.3 is 23.9 Å². The average Bonchev–Trinajstić information content (AvgIpc) is 3.63. The summed E-state index contributed by atoms with van der Waals surface area (Å²) in [6, 6.07) is 36.2. The second kappa shape index (κ2) is 35.5. The number of nitrogens with one attached hydrogen (secondary N) is 4. The van der Waals surface area contributed by atoms with Gasteiger partial charge < -0.3 is 41.7 Å². The minimum atomic E-state index is -1.69. The number of benzene rings is 5. The van der Waals surface area contributed by atoms with Crippen LogP contribution in [0.1, 0.15) is 127 Å². The molecule has 0 aliphatic heterocycles. The Bertz CT molecular complexity index is 3300. The third-order valence-electron chi connectivity index (χ3n) is 14.2. The van der Waals surface area contributed by atoms with Crippen LogP contribution in [0, 0.1) is 29.6 Å². The van der Waals surface area contributed by atoms with Gasteiger partial charge in [-0.3, -0.25) is 52.7 Å². The van der Waals surface area contributed by atoms with Crippen molar-refractivity contribution in [3.63, 3.8) is 0 Å². The van der Waals surface area contributed by atoms with Crippen LogP contribution in [0.5, 0.6) is 0 Å². The maximum Gasteiger partial charge on any atom is 0.326 e. The molecule has 7 atom stereocenters. The van der Waals surface area contributed by atoms with E-state index < -0.39 is 114 Å². The minimum absolute atomic E-state index is 0.0342. The van der Waals surface area contributed by atoms with Gasteiger partial charge in [0.2, 0.25) is 17.7 Å². The van der Waals surface area contributed by atoms with Crippen LogP contribution in [-0.2, 0) is 60.8 Å². The molecule has 0 fully saturated rings. The summed E-state index contributed by atoms with van der Waals surface area (Å²) in [7, 11) is 1.60. The van der Waals surface area contributed by atoms with Crippen LogP contribution in [0.4, 0.5) is 0 Å². The molecule has 8 N–H and O–H groups in total. The van der Waals surface area contributed by atoms with E-state index in [4.69, 9.17) is 10.2 Å². The molecule has 0 spiro atoms. The van der Waals surface area contributed by atoms with Crippen LogP contribution >= 0.6 is 0 Å². The molecule has 0 unspecified atom stereocenters. The highest BCUT2D eigenvalue weighted by Crippen LogP contribution is 2.20. The maximum absolute atomic E-state index is 13.3. The predicted octanol–water partition coefficient (Wildman–Crippen LogP) is 8.06. The van der Waals surface area contributed by atoms with Crippen LogP contribution in [0.3, 0.4) is 0 Å². The van der Waals surface area contributed by atoms with E-state index in [1.54, 1.807) is 120 Å². The van der Waals surface area contributed by atoms with Crippen molar-refractivity contribution in [2.45, 2.75) is 104 Å². The van der Waals surface area contributed by atoms with Crippen molar-refractivity contribution in [3.05, 3.63) is 178 Å². The number of ketones is 4. The molecule has 0 heterocycles. The van der Waals surface area contributed by atoms with Gasteiger partial charge in [-0.05, 0) is 65.3 Å². The highest BCUT2D eigenvalue weighted by atomic mass is 16.4. The van der Waals surface area contributed by atoms with E-state index in [0.29, 0.717) is 16.7 Å². The summed E-state index contributed by atoms with van der Waals surface area (Å²) in [6.07, 6.45) is 5.59. The molecule has 5 aromatic rings. The molecule has 5 aromatic carbocycles. The fourth-order valence-corrected chi connectivity index (χ4v) is 8.82. The summed E-state index contributed by atoms with van der Waals surface area (Å²) >= 11 is 0. The number of carboxylic acids is 4. The molecule has 0 radical (unpaired) electrons. The fraction of sp³-hybridized carbons (Fsp3) is 0.324. The van der Waals surface area contributed by atoms with Crippen molar-refractivity contribution in [1.82, 2.24) is 21.3 Å². The van der Waals surface area contributed by atoms with E-state index in [1.807, 2.05) is 72.8 Å². The molecule has 464 valence electrons. The molecule has 20 heteroatoms. The van der Waals surface area contributed by atoms with E-state index in [9.17, 15) is 67.7 Å². The summed E-state index contributed by atoms with van der Waals surface area (Å²) in [6.45, 7) is 8.11. The largest absolute Gasteiger partial charge is 0.481 e. The fourth-order valence-electron chi connectivity index (χ4n) is 8.82. The smallest absolute Gasteiger partial charge is 0.326 e. The van der Waals surface area contributed by atoms with E-state index in [-0.39, 0.29) is 55.5 Å². The highest BCUT2D eigenvalue weighted by Gasteiger charge is 2.33. The topological polar surface area (TPSA) is 334 Å². The number of carbonyl (C=O) groups excluding carboxylic acids is 8. The first-order chi connectivity index (χ1) is 41.7. The Morgan fingerprint density at radius 1 is 0.398 bits per heavy atom. The van der Waals surface area contributed by atoms with Gasteiger partial charge in [-0.1, -0.05) is 173 Å². The molecule has 0 bridgehead atoms. The molecular formula is C68H76N4O16. The van der Waals surface area contributed by atoms with Crippen molar-refractivity contribution in [3.8, 4) is 0 Å². The number of rotatable bonds is 33. The number of carboxylic acid groups (broad SMARTS) is 4. The standard InChI is InChI=1S/C46H47N3O9.C22H29NO7/c1-29(43(54)48-30(2)40(50)27-38(26-35-7-5-4-6-8-35)45(56)49-39(46(57)58)28-42(52)53)25-41(51)36-21-17-33(18-22-36)15-13-31-9-11-32(12-10-31)14-16-34-19-23-37(24-20-34)44(55)47-3;1-13(2)18(24)9-14(3)21(28)23-17(10-15-7-5-4-6-8-15)19(25)11-16(22(29)30)12-20(26)27/h4-24,29-30,38-39H,25-28H2,1-3H3,(H,47,55)(H,48,54)(H,49,56)(H,52,53)(H,57,58);4-8,13-14,16-17H,9-12H2,1-3H3,(H,23,28)(H,26,27)(H,29,30)/b15-13+,16-14+;/t29-,30+,38-,39+;14-,16+,17+/m11/s1. The first kappa shape index (κ1) is 70.5. The molecule has 0 aromatic heterocycles. The first-order valence-electron chi connectivity index (χ1n) is 28.6. The van der Waals surface area contributed by atoms with Crippen LogP contribution in [0.2, 0.25) is 0 Å². The highest BCUT2D eigenvalue weighted by molar-refractivity contribution is 6.00. The number of hydrogen-bond donors (Lipinski definition) is 8.